The summed E-state index contributed by atoms with van der Waals surface area (Å²) in [5, 5.41) is 12.7. The molecule has 0 saturated heterocycles. The number of aromatic nitrogens is 1. The number of rotatable bonds is 3. The van der Waals surface area contributed by atoms with Crippen molar-refractivity contribution in [1.82, 2.24) is 5.16 Å². The van der Waals surface area contributed by atoms with E-state index in [1.54, 1.807) is 12.1 Å². The van der Waals surface area contributed by atoms with Crippen LogP contribution < -0.4 is 4.74 Å². The second-order valence-corrected chi connectivity index (χ2v) is 4.07. The second kappa shape index (κ2) is 4.70. The summed E-state index contributed by atoms with van der Waals surface area (Å²) in [5.74, 6) is -0.214. The Morgan fingerprint density at radius 2 is 2.17 bits per heavy atom. The highest BCUT2D eigenvalue weighted by Crippen LogP contribution is 2.32. The first-order valence-electron chi connectivity index (χ1n) is 5.07. The molecule has 0 spiro atoms. The Morgan fingerprint density at radius 1 is 1.44 bits per heavy atom. The lowest BCUT2D eigenvalue weighted by Gasteiger charge is -2.07. The van der Waals surface area contributed by atoms with Gasteiger partial charge in [-0.15, -0.1) is 0 Å². The van der Waals surface area contributed by atoms with Crippen LogP contribution in [-0.2, 0) is 0 Å². The summed E-state index contributed by atoms with van der Waals surface area (Å²) < 4.78 is 10.1. The predicted molar refractivity (Wildman–Crippen MR) is 65.2 cm³/mol. The lowest BCUT2D eigenvalue weighted by Crippen LogP contribution is -1.94. The van der Waals surface area contributed by atoms with E-state index in [1.807, 2.05) is 6.92 Å². The molecule has 0 amide bonds. The van der Waals surface area contributed by atoms with Gasteiger partial charge in [0.2, 0.25) is 0 Å². The zero-order valence-corrected chi connectivity index (χ0v) is 10.5. The molecule has 2 aromatic rings. The average molecular weight is 268 g/mol. The van der Waals surface area contributed by atoms with E-state index in [1.165, 1.54) is 13.2 Å². The number of hydrogen-bond acceptors (Lipinski definition) is 4. The summed E-state index contributed by atoms with van der Waals surface area (Å²) in [6, 6.07) is 4.72. The summed E-state index contributed by atoms with van der Waals surface area (Å²) in [5.41, 5.74) is 1.27. The summed E-state index contributed by atoms with van der Waals surface area (Å²) in [6.45, 7) is 1.83. The smallest absolute Gasteiger partial charge is 0.358 e. The Bertz CT molecular complexity index is 606. The minimum Gasteiger partial charge on any atom is -0.496 e. The molecule has 0 aliphatic carbocycles. The lowest BCUT2D eigenvalue weighted by molar-refractivity contribution is 0.0686. The fraction of sp³-hybridized carbons (Fsp3) is 0.167. The Labute approximate surface area is 108 Å². The lowest BCUT2D eigenvalue weighted by atomic mass is 10.1. The monoisotopic (exact) mass is 267 g/mol. The Hall–Kier alpha value is -2.01. The Balaban J connectivity index is 2.50. The summed E-state index contributed by atoms with van der Waals surface area (Å²) >= 11 is 6.06. The van der Waals surface area contributed by atoms with Crippen molar-refractivity contribution in [2.75, 3.05) is 7.11 Å². The van der Waals surface area contributed by atoms with Crippen molar-refractivity contribution in [3.63, 3.8) is 0 Å². The van der Waals surface area contributed by atoms with Crippen molar-refractivity contribution < 1.29 is 19.2 Å². The van der Waals surface area contributed by atoms with E-state index < -0.39 is 5.97 Å². The normalized spacial score (nSPS) is 10.4. The van der Waals surface area contributed by atoms with Crippen molar-refractivity contribution in [2.24, 2.45) is 0 Å². The molecule has 0 atom stereocenters. The van der Waals surface area contributed by atoms with E-state index >= 15 is 0 Å². The fourth-order valence-corrected chi connectivity index (χ4v) is 1.73. The molecule has 1 N–H and O–H groups in total. The van der Waals surface area contributed by atoms with Crippen LogP contribution >= 0.6 is 11.6 Å². The molecule has 0 unspecified atom stereocenters. The summed E-state index contributed by atoms with van der Waals surface area (Å²) in [4.78, 5) is 10.7. The third-order valence-electron chi connectivity index (χ3n) is 2.53. The van der Waals surface area contributed by atoms with Crippen LogP contribution in [0.4, 0.5) is 0 Å². The SMILES string of the molecule is COc1cc(-c2cc(C(=O)O)no2)cc(Cl)c1C. The topological polar surface area (TPSA) is 72.6 Å². The van der Waals surface area contributed by atoms with E-state index in [-0.39, 0.29) is 5.69 Å². The van der Waals surface area contributed by atoms with Gasteiger partial charge in [-0.25, -0.2) is 4.79 Å². The van der Waals surface area contributed by atoms with Gasteiger partial charge in [0.05, 0.1) is 7.11 Å². The number of aromatic carboxylic acids is 1. The molecular formula is C12H10ClNO4. The molecule has 18 heavy (non-hydrogen) atoms. The van der Waals surface area contributed by atoms with Gasteiger partial charge in [-0.05, 0) is 19.1 Å². The van der Waals surface area contributed by atoms with Gasteiger partial charge < -0.3 is 14.4 Å². The van der Waals surface area contributed by atoms with Crippen LogP contribution in [0.1, 0.15) is 16.1 Å². The molecule has 0 saturated carbocycles. The number of methoxy groups -OCH3 is 1. The standard InChI is InChI=1S/C12H10ClNO4/c1-6-8(13)3-7(4-10(6)17-2)11-5-9(12(15)16)14-18-11/h3-5H,1-2H3,(H,15,16). The van der Waals surface area contributed by atoms with Crippen LogP contribution in [0.2, 0.25) is 5.02 Å². The van der Waals surface area contributed by atoms with Gasteiger partial charge in [-0.3, -0.25) is 0 Å². The predicted octanol–water partition coefficient (Wildman–Crippen LogP) is 3.01. The molecule has 5 nitrogen and oxygen atoms in total. The molecule has 6 heteroatoms. The van der Waals surface area contributed by atoms with Gasteiger partial charge in [0.15, 0.2) is 11.5 Å². The van der Waals surface area contributed by atoms with Gasteiger partial charge in [0.25, 0.3) is 0 Å². The van der Waals surface area contributed by atoms with Crippen LogP contribution in [0.5, 0.6) is 5.75 Å². The minimum atomic E-state index is -1.14. The van der Waals surface area contributed by atoms with Crippen molar-refractivity contribution in [2.45, 2.75) is 6.92 Å². The molecule has 0 fully saturated rings. The molecule has 1 aromatic carbocycles. The summed E-state index contributed by atoms with van der Waals surface area (Å²) in [6.07, 6.45) is 0. The first-order valence-corrected chi connectivity index (χ1v) is 5.45. The molecule has 0 aliphatic rings. The molecule has 0 aliphatic heterocycles. The Morgan fingerprint density at radius 3 is 2.72 bits per heavy atom. The highest BCUT2D eigenvalue weighted by Gasteiger charge is 2.14. The van der Waals surface area contributed by atoms with Crippen molar-refractivity contribution >= 4 is 17.6 Å². The van der Waals surface area contributed by atoms with Gasteiger partial charge >= 0.3 is 5.97 Å². The first-order chi connectivity index (χ1) is 8.52. The Kier molecular flexibility index (Phi) is 3.25. The summed E-state index contributed by atoms with van der Waals surface area (Å²) in [7, 11) is 1.53. The number of halogens is 1. The van der Waals surface area contributed by atoms with Gasteiger partial charge in [-0.2, -0.15) is 0 Å². The number of nitrogens with zero attached hydrogens (tertiary/aromatic N) is 1. The van der Waals surface area contributed by atoms with Gasteiger partial charge in [0, 0.05) is 22.2 Å². The van der Waals surface area contributed by atoms with Crippen LogP contribution in [0.25, 0.3) is 11.3 Å². The molecule has 2 rings (SSSR count). The fourth-order valence-electron chi connectivity index (χ4n) is 1.52. The third kappa shape index (κ3) is 2.17. The quantitative estimate of drug-likeness (QED) is 0.925. The van der Waals surface area contributed by atoms with E-state index in [4.69, 9.17) is 26.0 Å². The van der Waals surface area contributed by atoms with Crippen LogP contribution in [-0.4, -0.2) is 23.3 Å². The largest absolute Gasteiger partial charge is 0.496 e. The number of benzene rings is 1. The van der Waals surface area contributed by atoms with Gasteiger partial charge in [-0.1, -0.05) is 16.8 Å². The van der Waals surface area contributed by atoms with E-state index in [2.05, 4.69) is 5.16 Å². The van der Waals surface area contributed by atoms with Crippen LogP contribution in [0.15, 0.2) is 22.7 Å². The van der Waals surface area contributed by atoms with Crippen LogP contribution in [0.3, 0.4) is 0 Å². The zero-order valence-electron chi connectivity index (χ0n) is 9.73. The maximum Gasteiger partial charge on any atom is 0.358 e. The number of carbonyl (C=O) groups is 1. The number of hydrogen-bond donors (Lipinski definition) is 1. The highest BCUT2D eigenvalue weighted by atomic mass is 35.5. The van der Waals surface area contributed by atoms with E-state index in [0.717, 1.165) is 5.56 Å². The molecule has 1 heterocycles. The number of ether oxygens (including phenoxy) is 1. The van der Waals surface area contributed by atoms with E-state index in [9.17, 15) is 4.79 Å². The molecule has 0 bridgehead atoms. The maximum absolute atomic E-state index is 10.7. The van der Waals surface area contributed by atoms with Crippen LogP contribution in [0, 0.1) is 6.92 Å². The minimum absolute atomic E-state index is 0.152. The van der Waals surface area contributed by atoms with Gasteiger partial charge in [0.1, 0.15) is 5.75 Å². The van der Waals surface area contributed by atoms with E-state index in [0.29, 0.717) is 22.1 Å². The second-order valence-electron chi connectivity index (χ2n) is 3.67. The zero-order chi connectivity index (χ0) is 13.3. The number of carboxylic acid groups (broad SMARTS) is 1. The molecule has 94 valence electrons. The van der Waals surface area contributed by atoms with Crippen molar-refractivity contribution in [3.8, 4) is 17.1 Å². The highest BCUT2D eigenvalue weighted by molar-refractivity contribution is 6.31. The molecular weight excluding hydrogens is 258 g/mol. The third-order valence-corrected chi connectivity index (χ3v) is 2.92. The first kappa shape index (κ1) is 12.4. The maximum atomic E-state index is 10.7. The average Bonchev–Trinajstić information content (AvgIpc) is 2.82. The van der Waals surface area contributed by atoms with Crippen molar-refractivity contribution in [3.05, 3.63) is 34.5 Å². The number of carboxylic acids is 1. The van der Waals surface area contributed by atoms with Crippen molar-refractivity contribution in [1.29, 1.82) is 0 Å². The molecule has 0 radical (unpaired) electrons. The molecule has 1 aromatic heterocycles.